The van der Waals surface area contributed by atoms with Gasteiger partial charge in [-0.25, -0.2) is 0 Å². The van der Waals surface area contributed by atoms with E-state index in [1.54, 1.807) is 0 Å². The van der Waals surface area contributed by atoms with Crippen molar-refractivity contribution in [2.45, 2.75) is 46.6 Å². The van der Waals surface area contributed by atoms with Gasteiger partial charge in [-0.3, -0.25) is 14.5 Å². The summed E-state index contributed by atoms with van der Waals surface area (Å²) >= 11 is 0. The average molecular weight is 284 g/mol. The molecule has 5 nitrogen and oxygen atoms in total. The maximum Gasteiger partial charge on any atom is 0.319 e. The van der Waals surface area contributed by atoms with Crippen LogP contribution in [0.15, 0.2) is 0 Å². The number of carbonyl (C=O) groups is 2. The molecule has 0 aromatic carbocycles. The van der Waals surface area contributed by atoms with Crippen LogP contribution in [0, 0.1) is 11.3 Å². The standard InChI is InChI=1S/C15H28N2O3/c1-6-11-7-12(16-14(19)15(2,3)4)9-17(8-11)10-13(18)20-5/h11-12H,6-10H2,1-5H3,(H,16,19). The first kappa shape index (κ1) is 17.0. The highest BCUT2D eigenvalue weighted by Crippen LogP contribution is 2.21. The number of esters is 1. The number of rotatable bonds is 4. The minimum absolute atomic E-state index is 0.0669. The number of piperidine rings is 1. The number of amides is 1. The molecule has 1 aliphatic heterocycles. The Morgan fingerprint density at radius 1 is 1.30 bits per heavy atom. The topological polar surface area (TPSA) is 58.6 Å². The number of nitrogens with one attached hydrogen (secondary N) is 1. The number of hydrogen-bond donors (Lipinski definition) is 1. The van der Waals surface area contributed by atoms with E-state index in [1.807, 2.05) is 20.8 Å². The SMILES string of the molecule is CCC1CC(NC(=O)C(C)(C)C)CN(CC(=O)OC)C1. The highest BCUT2D eigenvalue weighted by atomic mass is 16.5. The van der Waals surface area contributed by atoms with E-state index in [1.165, 1.54) is 7.11 Å². The van der Waals surface area contributed by atoms with Gasteiger partial charge in [0.15, 0.2) is 0 Å². The Morgan fingerprint density at radius 3 is 2.45 bits per heavy atom. The highest BCUT2D eigenvalue weighted by molar-refractivity contribution is 5.81. The van der Waals surface area contributed by atoms with E-state index in [-0.39, 0.29) is 23.3 Å². The van der Waals surface area contributed by atoms with Crippen molar-refractivity contribution in [2.24, 2.45) is 11.3 Å². The fourth-order valence-corrected chi connectivity index (χ4v) is 2.48. The van der Waals surface area contributed by atoms with Crippen LogP contribution in [0.3, 0.4) is 0 Å². The molecule has 20 heavy (non-hydrogen) atoms. The Bertz CT molecular complexity index is 350. The second-order valence-corrected chi connectivity index (χ2v) is 6.70. The molecule has 0 aliphatic carbocycles. The molecule has 116 valence electrons. The van der Waals surface area contributed by atoms with Crippen LogP contribution in [0.25, 0.3) is 0 Å². The van der Waals surface area contributed by atoms with E-state index in [9.17, 15) is 9.59 Å². The van der Waals surface area contributed by atoms with Crippen molar-refractivity contribution in [3.8, 4) is 0 Å². The zero-order valence-corrected chi connectivity index (χ0v) is 13.4. The Kier molecular flexibility index (Phi) is 5.99. The summed E-state index contributed by atoms with van der Waals surface area (Å²) in [7, 11) is 1.41. The first-order chi connectivity index (χ1) is 9.26. The van der Waals surface area contributed by atoms with Crippen LogP contribution >= 0.6 is 0 Å². The summed E-state index contributed by atoms with van der Waals surface area (Å²) < 4.78 is 4.72. The van der Waals surface area contributed by atoms with E-state index in [0.717, 1.165) is 19.4 Å². The number of hydrogen-bond acceptors (Lipinski definition) is 4. The largest absolute Gasteiger partial charge is 0.468 e. The molecule has 1 heterocycles. The predicted octanol–water partition coefficient (Wildman–Crippen LogP) is 1.42. The van der Waals surface area contributed by atoms with Gasteiger partial charge in [-0.15, -0.1) is 0 Å². The zero-order chi connectivity index (χ0) is 15.3. The van der Waals surface area contributed by atoms with Crippen LogP contribution in [0.2, 0.25) is 0 Å². The minimum atomic E-state index is -0.383. The van der Waals surface area contributed by atoms with Gasteiger partial charge >= 0.3 is 5.97 Å². The normalized spacial score (nSPS) is 24.2. The monoisotopic (exact) mass is 284 g/mol. The Labute approximate surface area is 122 Å². The zero-order valence-electron chi connectivity index (χ0n) is 13.4. The van der Waals surface area contributed by atoms with Gasteiger partial charge in [0.2, 0.25) is 5.91 Å². The molecule has 0 saturated carbocycles. The van der Waals surface area contributed by atoms with E-state index < -0.39 is 0 Å². The molecular weight excluding hydrogens is 256 g/mol. The van der Waals surface area contributed by atoms with E-state index in [2.05, 4.69) is 17.1 Å². The molecule has 2 atom stereocenters. The number of methoxy groups -OCH3 is 1. The van der Waals surface area contributed by atoms with E-state index >= 15 is 0 Å². The van der Waals surface area contributed by atoms with E-state index in [0.29, 0.717) is 19.0 Å². The third kappa shape index (κ3) is 5.12. The molecule has 1 amide bonds. The van der Waals surface area contributed by atoms with Crippen molar-refractivity contribution < 1.29 is 14.3 Å². The molecule has 1 rings (SSSR count). The minimum Gasteiger partial charge on any atom is -0.468 e. The predicted molar refractivity (Wildman–Crippen MR) is 78.2 cm³/mol. The second-order valence-electron chi connectivity index (χ2n) is 6.70. The summed E-state index contributed by atoms with van der Waals surface area (Å²) in [4.78, 5) is 25.6. The van der Waals surface area contributed by atoms with Crippen LogP contribution in [-0.4, -0.2) is 49.6 Å². The number of carbonyl (C=O) groups excluding carboxylic acids is 2. The van der Waals surface area contributed by atoms with Gasteiger partial charge in [-0.2, -0.15) is 0 Å². The summed E-state index contributed by atoms with van der Waals surface area (Å²) in [6, 6.07) is 0.116. The maximum absolute atomic E-state index is 12.1. The van der Waals surface area contributed by atoms with E-state index in [4.69, 9.17) is 4.74 Å². The van der Waals surface area contributed by atoms with Gasteiger partial charge in [-0.1, -0.05) is 34.1 Å². The quantitative estimate of drug-likeness (QED) is 0.793. The van der Waals surface area contributed by atoms with Crippen molar-refractivity contribution in [3.05, 3.63) is 0 Å². The molecule has 1 N–H and O–H groups in total. The summed E-state index contributed by atoms with van der Waals surface area (Å²) in [5.41, 5.74) is -0.383. The van der Waals surface area contributed by atoms with Crippen LogP contribution in [0.1, 0.15) is 40.5 Å². The van der Waals surface area contributed by atoms with Crippen LogP contribution in [-0.2, 0) is 14.3 Å². The van der Waals surface area contributed by atoms with Crippen molar-refractivity contribution in [2.75, 3.05) is 26.7 Å². The van der Waals surface area contributed by atoms with Crippen LogP contribution in [0.5, 0.6) is 0 Å². The average Bonchev–Trinajstić information content (AvgIpc) is 2.37. The molecule has 0 spiro atoms. The van der Waals surface area contributed by atoms with Crippen molar-refractivity contribution in [1.82, 2.24) is 10.2 Å². The summed E-state index contributed by atoms with van der Waals surface area (Å²) in [6.45, 7) is 9.79. The van der Waals surface area contributed by atoms with Gasteiger partial charge in [0.1, 0.15) is 0 Å². The van der Waals surface area contributed by atoms with Gasteiger partial charge in [0.05, 0.1) is 13.7 Å². The Balaban J connectivity index is 2.62. The number of ether oxygens (including phenoxy) is 1. The summed E-state index contributed by atoms with van der Waals surface area (Å²) in [5, 5.41) is 3.11. The van der Waals surface area contributed by atoms with Gasteiger partial charge in [0.25, 0.3) is 0 Å². The Hall–Kier alpha value is -1.10. The fraction of sp³-hybridized carbons (Fsp3) is 0.867. The number of likely N-dealkylation sites (tertiary alicyclic amines) is 1. The van der Waals surface area contributed by atoms with Crippen molar-refractivity contribution in [3.63, 3.8) is 0 Å². The first-order valence-corrected chi connectivity index (χ1v) is 7.36. The van der Waals surface area contributed by atoms with Crippen LogP contribution in [0.4, 0.5) is 0 Å². The molecule has 1 aliphatic rings. The lowest BCUT2D eigenvalue weighted by Crippen LogP contribution is -2.53. The van der Waals surface area contributed by atoms with Crippen molar-refractivity contribution >= 4 is 11.9 Å². The molecule has 0 aromatic rings. The molecular formula is C15H28N2O3. The molecule has 2 unspecified atom stereocenters. The Morgan fingerprint density at radius 2 is 1.95 bits per heavy atom. The molecule has 0 aromatic heterocycles. The lowest BCUT2D eigenvalue weighted by atomic mass is 9.90. The fourth-order valence-electron chi connectivity index (χ4n) is 2.48. The smallest absolute Gasteiger partial charge is 0.319 e. The molecule has 5 heteroatoms. The molecule has 1 saturated heterocycles. The second kappa shape index (κ2) is 7.07. The maximum atomic E-state index is 12.1. The summed E-state index contributed by atoms with van der Waals surface area (Å²) in [6.07, 6.45) is 2.04. The highest BCUT2D eigenvalue weighted by Gasteiger charge is 2.31. The third-order valence-electron chi connectivity index (χ3n) is 3.79. The number of nitrogens with zero attached hydrogens (tertiary/aromatic N) is 1. The van der Waals surface area contributed by atoms with Crippen LogP contribution < -0.4 is 5.32 Å². The molecule has 1 fully saturated rings. The summed E-state index contributed by atoms with van der Waals surface area (Å²) in [5.74, 6) is 0.360. The lowest BCUT2D eigenvalue weighted by molar-refractivity contribution is -0.142. The lowest BCUT2D eigenvalue weighted by Gasteiger charge is -2.38. The van der Waals surface area contributed by atoms with Crippen molar-refractivity contribution in [1.29, 1.82) is 0 Å². The molecule has 0 bridgehead atoms. The van der Waals surface area contributed by atoms with Gasteiger partial charge in [0, 0.05) is 24.5 Å². The first-order valence-electron chi connectivity index (χ1n) is 7.36. The third-order valence-corrected chi connectivity index (χ3v) is 3.79. The van der Waals surface area contributed by atoms with Gasteiger partial charge < -0.3 is 10.1 Å². The molecule has 0 radical (unpaired) electrons. The van der Waals surface area contributed by atoms with Gasteiger partial charge in [-0.05, 0) is 12.3 Å².